The first kappa shape index (κ1) is 24.7. The Kier molecular flexibility index (Phi) is 8.87. The van der Waals surface area contributed by atoms with Crippen LogP contribution in [0.25, 0.3) is 6.08 Å². The van der Waals surface area contributed by atoms with Crippen LogP contribution in [0.15, 0.2) is 60.0 Å². The molecule has 0 spiro atoms. The average molecular weight is 458 g/mol. The lowest BCUT2D eigenvalue weighted by atomic mass is 9.86. The van der Waals surface area contributed by atoms with Gasteiger partial charge in [-0.05, 0) is 61.6 Å². The molecule has 1 atom stereocenters. The first-order valence-corrected chi connectivity index (χ1v) is 12.7. The van der Waals surface area contributed by atoms with Gasteiger partial charge < -0.3 is 5.32 Å². The highest BCUT2D eigenvalue weighted by molar-refractivity contribution is 7.98. The van der Waals surface area contributed by atoms with Gasteiger partial charge in [-0.2, -0.15) is 21.7 Å². The normalized spacial score (nSPS) is 13.0. The van der Waals surface area contributed by atoms with Gasteiger partial charge in [-0.3, -0.25) is 4.79 Å². The summed E-state index contributed by atoms with van der Waals surface area (Å²) >= 11 is 1.53. The topological polar surface area (TPSA) is 99.1 Å². The number of thioether (sulfide) groups is 1. The van der Waals surface area contributed by atoms with Crippen molar-refractivity contribution in [3.05, 3.63) is 71.1 Å². The molecule has 2 rings (SSSR count). The van der Waals surface area contributed by atoms with E-state index >= 15 is 0 Å². The van der Waals surface area contributed by atoms with E-state index in [-0.39, 0.29) is 0 Å². The van der Waals surface area contributed by atoms with E-state index in [9.17, 15) is 18.5 Å². The van der Waals surface area contributed by atoms with E-state index in [1.807, 2.05) is 38.3 Å². The molecule has 0 aliphatic carbocycles. The Morgan fingerprint density at radius 3 is 2.39 bits per heavy atom. The maximum atomic E-state index is 12.8. The molecular formula is C23H27N3O3S2. The number of carbonyl (C=O) groups excluding carboxylic acids is 1. The van der Waals surface area contributed by atoms with Crippen molar-refractivity contribution in [3.8, 4) is 6.07 Å². The second kappa shape index (κ2) is 11.1. The maximum Gasteiger partial charge on any atom is 0.242 e. The number of nitrogens with one attached hydrogen (secondary N) is 2. The fraction of sp³-hybridized carbons (Fsp3) is 0.304. The van der Waals surface area contributed by atoms with Gasteiger partial charge >= 0.3 is 0 Å². The smallest absolute Gasteiger partial charge is 0.242 e. The quantitative estimate of drug-likeness (QED) is 0.559. The van der Waals surface area contributed by atoms with Crippen molar-refractivity contribution in [1.82, 2.24) is 4.72 Å². The van der Waals surface area contributed by atoms with Crippen LogP contribution < -0.4 is 10.0 Å². The van der Waals surface area contributed by atoms with Gasteiger partial charge in [-0.15, -0.1) is 0 Å². The lowest BCUT2D eigenvalue weighted by Crippen LogP contribution is -2.43. The van der Waals surface area contributed by atoms with E-state index in [4.69, 9.17) is 0 Å². The number of rotatable bonds is 10. The van der Waals surface area contributed by atoms with Crippen molar-refractivity contribution in [1.29, 1.82) is 5.26 Å². The minimum absolute atomic E-state index is 0.352. The molecule has 8 heteroatoms. The van der Waals surface area contributed by atoms with Crippen LogP contribution in [0.5, 0.6) is 0 Å². The molecule has 1 amide bonds. The molecule has 2 aromatic carbocycles. The van der Waals surface area contributed by atoms with Crippen LogP contribution in [0, 0.1) is 11.3 Å². The van der Waals surface area contributed by atoms with Crippen molar-refractivity contribution >= 4 is 39.5 Å². The molecule has 6 nitrogen and oxygen atoms in total. The zero-order valence-electron chi connectivity index (χ0n) is 17.8. The standard InChI is InChI=1S/C23H27N3O3S2/c1-23(2,17-24)19-9-11-20(12-10-19)25-22(27)21(13-15-30-3)26-31(28,29)16-14-18-7-5-4-6-8-18/h4-12,14,16,21,26H,13,15H2,1-3H3,(H,25,27)/b16-14+. The number of hydrogen-bond acceptors (Lipinski definition) is 5. The number of hydrogen-bond donors (Lipinski definition) is 2. The van der Waals surface area contributed by atoms with Gasteiger partial charge in [0.25, 0.3) is 0 Å². The zero-order chi connectivity index (χ0) is 22.9. The monoisotopic (exact) mass is 457 g/mol. The summed E-state index contributed by atoms with van der Waals surface area (Å²) in [6.07, 6.45) is 3.74. The van der Waals surface area contributed by atoms with Crippen molar-refractivity contribution in [2.45, 2.75) is 31.7 Å². The third kappa shape index (κ3) is 7.87. The molecule has 2 aromatic rings. The minimum Gasteiger partial charge on any atom is -0.325 e. The molecule has 0 aliphatic heterocycles. The van der Waals surface area contributed by atoms with Crippen LogP contribution >= 0.6 is 11.8 Å². The second-order valence-corrected chi connectivity index (χ2v) is 10.1. The Balaban J connectivity index is 2.11. The van der Waals surface area contributed by atoms with Gasteiger partial charge in [-0.25, -0.2) is 8.42 Å². The van der Waals surface area contributed by atoms with Crippen LogP contribution in [0.4, 0.5) is 5.69 Å². The summed E-state index contributed by atoms with van der Waals surface area (Å²) in [4.78, 5) is 12.8. The number of benzene rings is 2. The molecule has 31 heavy (non-hydrogen) atoms. The van der Waals surface area contributed by atoms with E-state index < -0.39 is 27.4 Å². The van der Waals surface area contributed by atoms with Crippen LogP contribution in [-0.4, -0.2) is 32.4 Å². The molecule has 0 aliphatic rings. The molecule has 164 valence electrons. The summed E-state index contributed by atoms with van der Waals surface area (Å²) in [5.74, 6) is 0.191. The Hall–Kier alpha value is -2.60. The van der Waals surface area contributed by atoms with Crippen molar-refractivity contribution in [2.24, 2.45) is 0 Å². The number of sulfonamides is 1. The van der Waals surface area contributed by atoms with E-state index in [2.05, 4.69) is 16.1 Å². The van der Waals surface area contributed by atoms with Crippen LogP contribution in [-0.2, 0) is 20.2 Å². The summed E-state index contributed by atoms with van der Waals surface area (Å²) < 4.78 is 27.5. The van der Waals surface area contributed by atoms with E-state index in [0.29, 0.717) is 17.9 Å². The highest BCUT2D eigenvalue weighted by atomic mass is 32.2. The minimum atomic E-state index is -3.81. The zero-order valence-corrected chi connectivity index (χ0v) is 19.5. The van der Waals surface area contributed by atoms with Gasteiger partial charge in [0.05, 0.1) is 11.5 Å². The lowest BCUT2D eigenvalue weighted by molar-refractivity contribution is -0.117. The molecule has 0 fully saturated rings. The van der Waals surface area contributed by atoms with Crippen molar-refractivity contribution in [2.75, 3.05) is 17.3 Å². The molecule has 1 unspecified atom stereocenters. The number of amides is 1. The van der Waals surface area contributed by atoms with Gasteiger partial charge in [-0.1, -0.05) is 42.5 Å². The number of carbonyl (C=O) groups is 1. The predicted molar refractivity (Wildman–Crippen MR) is 128 cm³/mol. The summed E-state index contributed by atoms with van der Waals surface area (Å²) in [7, 11) is -3.81. The molecule has 0 aromatic heterocycles. The summed E-state index contributed by atoms with van der Waals surface area (Å²) in [6, 6.07) is 17.4. The fourth-order valence-electron chi connectivity index (χ4n) is 2.71. The number of nitrogens with zero attached hydrogens (tertiary/aromatic N) is 1. The first-order chi connectivity index (χ1) is 14.7. The maximum absolute atomic E-state index is 12.8. The Morgan fingerprint density at radius 1 is 1.16 bits per heavy atom. The Labute approximate surface area is 188 Å². The van der Waals surface area contributed by atoms with Crippen molar-refractivity contribution in [3.63, 3.8) is 0 Å². The first-order valence-electron chi connectivity index (χ1n) is 9.74. The van der Waals surface area contributed by atoms with E-state index in [1.165, 1.54) is 17.8 Å². The summed E-state index contributed by atoms with van der Waals surface area (Å²) in [6.45, 7) is 3.63. The predicted octanol–water partition coefficient (Wildman–Crippen LogP) is 4.14. The average Bonchev–Trinajstić information content (AvgIpc) is 2.76. The Bertz CT molecular complexity index is 1040. The SMILES string of the molecule is CSCCC(NS(=O)(=O)/C=C/c1ccccc1)C(=O)Nc1ccc(C(C)(C)C#N)cc1. The molecule has 0 heterocycles. The third-order valence-corrected chi connectivity index (χ3v) is 6.38. The van der Waals surface area contributed by atoms with Gasteiger partial charge in [0.15, 0.2) is 0 Å². The molecule has 2 N–H and O–H groups in total. The summed E-state index contributed by atoms with van der Waals surface area (Å²) in [5.41, 5.74) is 1.48. The van der Waals surface area contributed by atoms with Crippen LogP contribution in [0.1, 0.15) is 31.4 Å². The number of anilines is 1. The Morgan fingerprint density at radius 2 is 1.81 bits per heavy atom. The van der Waals surface area contributed by atoms with E-state index in [1.54, 1.807) is 36.4 Å². The van der Waals surface area contributed by atoms with Crippen molar-refractivity contribution < 1.29 is 13.2 Å². The molecule has 0 bridgehead atoms. The van der Waals surface area contributed by atoms with E-state index in [0.717, 1.165) is 16.5 Å². The largest absolute Gasteiger partial charge is 0.325 e. The van der Waals surface area contributed by atoms with Crippen LogP contribution in [0.3, 0.4) is 0 Å². The fourth-order valence-corrected chi connectivity index (χ4v) is 4.22. The summed E-state index contributed by atoms with van der Waals surface area (Å²) in [5, 5.41) is 13.1. The number of nitriles is 1. The van der Waals surface area contributed by atoms with Gasteiger partial charge in [0.2, 0.25) is 15.9 Å². The second-order valence-electron chi connectivity index (χ2n) is 7.51. The van der Waals surface area contributed by atoms with Crippen LogP contribution in [0.2, 0.25) is 0 Å². The highest BCUT2D eigenvalue weighted by Gasteiger charge is 2.24. The van der Waals surface area contributed by atoms with Gasteiger partial charge in [0.1, 0.15) is 6.04 Å². The van der Waals surface area contributed by atoms with Gasteiger partial charge in [0, 0.05) is 11.1 Å². The molecule has 0 saturated heterocycles. The lowest BCUT2D eigenvalue weighted by Gasteiger charge is -2.19. The molecular weight excluding hydrogens is 430 g/mol. The molecule has 0 saturated carbocycles. The third-order valence-electron chi connectivity index (χ3n) is 4.63. The molecule has 0 radical (unpaired) electrons. The highest BCUT2D eigenvalue weighted by Crippen LogP contribution is 2.23.